The number of aromatic nitrogens is 1. The summed E-state index contributed by atoms with van der Waals surface area (Å²) in [6.07, 6.45) is -0.610. The quantitative estimate of drug-likeness (QED) is 0.497. The van der Waals surface area contributed by atoms with Crippen molar-refractivity contribution in [2.45, 2.75) is 52.9 Å². The van der Waals surface area contributed by atoms with Gasteiger partial charge < -0.3 is 14.6 Å². The van der Waals surface area contributed by atoms with Gasteiger partial charge in [-0.3, -0.25) is 14.2 Å². The Hall–Kier alpha value is -3.18. The van der Waals surface area contributed by atoms with Crippen LogP contribution in [0.25, 0.3) is 0 Å². The lowest BCUT2D eigenvalue weighted by molar-refractivity contribution is 0.0742. The molecule has 0 aliphatic carbocycles. The summed E-state index contributed by atoms with van der Waals surface area (Å²) in [7, 11) is 0. The van der Waals surface area contributed by atoms with Crippen molar-refractivity contribution in [2.24, 2.45) is 0 Å². The first kappa shape index (κ1) is 23.1. The average Bonchev–Trinajstić information content (AvgIpc) is 2.69. The summed E-state index contributed by atoms with van der Waals surface area (Å²) in [6.45, 7) is 7.10. The maximum absolute atomic E-state index is 13.1. The van der Waals surface area contributed by atoms with Crippen LogP contribution in [0.2, 0.25) is 0 Å². The van der Waals surface area contributed by atoms with Crippen LogP contribution in [-0.4, -0.2) is 34.3 Å². The Labute approximate surface area is 174 Å². The first-order valence-corrected chi connectivity index (χ1v) is 9.61. The highest BCUT2D eigenvalue weighted by molar-refractivity contribution is 6.03. The average molecular weight is 416 g/mol. The van der Waals surface area contributed by atoms with Gasteiger partial charge in [0.1, 0.15) is 23.2 Å². The van der Waals surface area contributed by atoms with Gasteiger partial charge in [-0.25, -0.2) is 4.39 Å². The van der Waals surface area contributed by atoms with Crippen LogP contribution in [0.5, 0.6) is 11.6 Å². The summed E-state index contributed by atoms with van der Waals surface area (Å²) in [5.74, 6) is -1.28. The zero-order chi connectivity index (χ0) is 22.4. The van der Waals surface area contributed by atoms with E-state index in [9.17, 15) is 24.3 Å². The number of halogens is 1. The van der Waals surface area contributed by atoms with E-state index in [1.165, 1.54) is 38.1 Å². The molecule has 0 aliphatic heterocycles. The molecule has 0 saturated heterocycles. The third-order valence-electron chi connectivity index (χ3n) is 4.52. The monoisotopic (exact) mass is 416 g/mol. The molecule has 1 aromatic carbocycles. The fourth-order valence-electron chi connectivity index (χ4n) is 2.97. The van der Waals surface area contributed by atoms with Crippen molar-refractivity contribution in [3.05, 3.63) is 57.1 Å². The number of rotatable bonds is 9. The minimum absolute atomic E-state index is 0.0182. The Balaban J connectivity index is 2.36. The number of nitriles is 1. The molecule has 1 heterocycles. The Morgan fingerprint density at radius 1 is 1.27 bits per heavy atom. The maximum atomic E-state index is 13.1. The Morgan fingerprint density at radius 3 is 2.47 bits per heavy atom. The molecule has 1 unspecified atom stereocenters. The molecule has 2 rings (SSSR count). The van der Waals surface area contributed by atoms with E-state index in [0.29, 0.717) is 13.0 Å². The van der Waals surface area contributed by atoms with Crippen LogP contribution in [0.3, 0.4) is 0 Å². The van der Waals surface area contributed by atoms with Crippen LogP contribution < -0.4 is 10.3 Å². The number of hydrogen-bond acceptors (Lipinski definition) is 6. The minimum Gasteiger partial charge on any atom is -0.494 e. The molecule has 0 saturated carbocycles. The predicted octanol–water partition coefficient (Wildman–Crippen LogP) is 3.34. The molecule has 2 aromatic rings. The van der Waals surface area contributed by atoms with Crippen LogP contribution in [-0.2, 0) is 11.3 Å². The number of carbonyl (C=O) groups is 1. The minimum atomic E-state index is -1.04. The van der Waals surface area contributed by atoms with E-state index < -0.39 is 29.1 Å². The fraction of sp³-hybridized carbons (Fsp3) is 0.409. The van der Waals surface area contributed by atoms with E-state index >= 15 is 0 Å². The first-order chi connectivity index (χ1) is 14.2. The van der Waals surface area contributed by atoms with Crippen LogP contribution in [0.15, 0.2) is 29.1 Å². The summed E-state index contributed by atoms with van der Waals surface area (Å²) in [5, 5.41) is 20.1. The second kappa shape index (κ2) is 10.0. The standard InChI is InChI=1S/C22H25FN2O5/c1-13(2)29-11-5-10-25-21(27)18(12-24)14(3)19(22(25)28)20(26)15(4)30-17-8-6-16(23)7-9-17/h6-9,13,15,28H,5,10-11H2,1-4H3. The third-order valence-corrected chi connectivity index (χ3v) is 4.52. The Bertz CT molecular complexity index is 1010. The van der Waals surface area contributed by atoms with Gasteiger partial charge in [-0.1, -0.05) is 0 Å². The van der Waals surface area contributed by atoms with Crippen molar-refractivity contribution >= 4 is 5.78 Å². The van der Waals surface area contributed by atoms with Gasteiger partial charge in [-0.15, -0.1) is 0 Å². The van der Waals surface area contributed by atoms with Crippen molar-refractivity contribution < 1.29 is 23.8 Å². The zero-order valence-electron chi connectivity index (χ0n) is 17.4. The van der Waals surface area contributed by atoms with Gasteiger partial charge in [0.2, 0.25) is 11.7 Å². The van der Waals surface area contributed by atoms with E-state index in [0.717, 1.165) is 4.57 Å². The molecule has 160 valence electrons. The smallest absolute Gasteiger partial charge is 0.271 e. The zero-order valence-corrected chi connectivity index (χ0v) is 17.4. The summed E-state index contributed by atoms with van der Waals surface area (Å²) in [6, 6.07) is 6.97. The number of hydrogen-bond donors (Lipinski definition) is 1. The largest absolute Gasteiger partial charge is 0.494 e. The lowest BCUT2D eigenvalue weighted by Crippen LogP contribution is -2.31. The van der Waals surface area contributed by atoms with E-state index in [1.54, 1.807) is 0 Å². The number of benzene rings is 1. The number of aromatic hydroxyl groups is 1. The van der Waals surface area contributed by atoms with E-state index in [-0.39, 0.29) is 35.1 Å². The predicted molar refractivity (Wildman–Crippen MR) is 108 cm³/mol. The molecule has 1 atom stereocenters. The van der Waals surface area contributed by atoms with Gasteiger partial charge in [-0.2, -0.15) is 5.26 Å². The molecule has 0 aliphatic rings. The van der Waals surface area contributed by atoms with Crippen molar-refractivity contribution in [1.29, 1.82) is 5.26 Å². The highest BCUT2D eigenvalue weighted by atomic mass is 19.1. The number of nitrogens with zero attached hydrogens (tertiary/aromatic N) is 2. The van der Waals surface area contributed by atoms with Crippen LogP contribution in [0, 0.1) is 24.1 Å². The van der Waals surface area contributed by atoms with Crippen LogP contribution in [0.4, 0.5) is 4.39 Å². The number of carbonyl (C=O) groups excluding carboxylic acids is 1. The fourth-order valence-corrected chi connectivity index (χ4v) is 2.97. The van der Waals surface area contributed by atoms with Gasteiger partial charge in [0.25, 0.3) is 5.56 Å². The van der Waals surface area contributed by atoms with Crippen molar-refractivity contribution in [3.63, 3.8) is 0 Å². The Kier molecular flexibility index (Phi) is 7.72. The summed E-state index contributed by atoms with van der Waals surface area (Å²) in [5.41, 5.74) is -0.935. The summed E-state index contributed by atoms with van der Waals surface area (Å²) in [4.78, 5) is 25.6. The van der Waals surface area contributed by atoms with Gasteiger partial charge in [-0.05, 0) is 63.9 Å². The van der Waals surface area contributed by atoms with Gasteiger partial charge in [0.15, 0.2) is 6.10 Å². The molecule has 0 bridgehead atoms. The molecule has 0 amide bonds. The molecule has 0 spiro atoms. The van der Waals surface area contributed by atoms with Gasteiger partial charge in [0.05, 0.1) is 11.7 Å². The van der Waals surface area contributed by atoms with Crippen molar-refractivity contribution in [3.8, 4) is 17.7 Å². The van der Waals surface area contributed by atoms with Gasteiger partial charge >= 0.3 is 0 Å². The van der Waals surface area contributed by atoms with Gasteiger partial charge in [0, 0.05) is 13.2 Å². The second-order valence-electron chi connectivity index (χ2n) is 7.12. The van der Waals surface area contributed by atoms with E-state index in [1.807, 2.05) is 19.9 Å². The number of ether oxygens (including phenoxy) is 2. The molecular weight excluding hydrogens is 391 g/mol. The summed E-state index contributed by atoms with van der Waals surface area (Å²) >= 11 is 0. The first-order valence-electron chi connectivity index (χ1n) is 9.61. The molecular formula is C22H25FN2O5. The van der Waals surface area contributed by atoms with E-state index in [2.05, 4.69) is 0 Å². The summed E-state index contributed by atoms with van der Waals surface area (Å²) < 4.78 is 25.1. The van der Waals surface area contributed by atoms with Crippen LogP contribution in [0.1, 0.15) is 48.7 Å². The topological polar surface area (TPSA) is 102 Å². The van der Waals surface area contributed by atoms with Crippen LogP contribution >= 0.6 is 0 Å². The lowest BCUT2D eigenvalue weighted by Gasteiger charge is -2.19. The highest BCUT2D eigenvalue weighted by Crippen LogP contribution is 2.25. The molecule has 1 aromatic heterocycles. The van der Waals surface area contributed by atoms with Crippen molar-refractivity contribution in [2.75, 3.05) is 6.61 Å². The molecule has 1 N–H and O–H groups in total. The number of ketones is 1. The Morgan fingerprint density at radius 2 is 1.90 bits per heavy atom. The maximum Gasteiger partial charge on any atom is 0.271 e. The lowest BCUT2D eigenvalue weighted by atomic mass is 9.99. The highest BCUT2D eigenvalue weighted by Gasteiger charge is 2.28. The third kappa shape index (κ3) is 5.24. The molecule has 0 radical (unpaired) electrons. The molecule has 7 nitrogen and oxygen atoms in total. The number of pyridine rings is 1. The molecule has 30 heavy (non-hydrogen) atoms. The normalized spacial score (nSPS) is 11.9. The molecule has 0 fully saturated rings. The number of Topliss-reactive ketones (excluding diaryl/α,β-unsaturated/α-hetero) is 1. The van der Waals surface area contributed by atoms with E-state index in [4.69, 9.17) is 9.47 Å². The SMILES string of the molecule is Cc1c(C(=O)C(C)Oc2ccc(F)cc2)c(O)n(CCCOC(C)C)c(=O)c1C#N. The van der Waals surface area contributed by atoms with Crippen molar-refractivity contribution in [1.82, 2.24) is 4.57 Å². The molecule has 8 heteroatoms. The second-order valence-corrected chi connectivity index (χ2v) is 7.12.